The Kier molecular flexibility index (Phi) is 5.83. The second kappa shape index (κ2) is 8.27. The SMILES string of the molecule is CCSCCOC(=O)C1=C(C)NC(=O)NC1c1cccc2ccccc12. The van der Waals surface area contributed by atoms with Crippen LogP contribution in [-0.2, 0) is 9.53 Å². The predicted molar refractivity (Wildman–Crippen MR) is 105 cm³/mol. The van der Waals surface area contributed by atoms with Gasteiger partial charge in [0.25, 0.3) is 0 Å². The number of benzene rings is 2. The highest BCUT2D eigenvalue weighted by atomic mass is 32.2. The molecular formula is C20H22N2O3S. The molecule has 0 fully saturated rings. The van der Waals surface area contributed by atoms with E-state index in [9.17, 15) is 9.59 Å². The Morgan fingerprint density at radius 2 is 1.96 bits per heavy atom. The molecule has 0 spiro atoms. The van der Waals surface area contributed by atoms with Crippen molar-refractivity contribution in [2.24, 2.45) is 0 Å². The van der Waals surface area contributed by atoms with Crippen molar-refractivity contribution in [2.75, 3.05) is 18.1 Å². The molecule has 0 radical (unpaired) electrons. The molecule has 1 aliphatic heterocycles. The summed E-state index contributed by atoms with van der Waals surface area (Å²) < 4.78 is 5.44. The number of fused-ring (bicyclic) bond motifs is 1. The zero-order valence-corrected chi connectivity index (χ0v) is 15.7. The van der Waals surface area contributed by atoms with Crippen LogP contribution in [0.2, 0.25) is 0 Å². The van der Waals surface area contributed by atoms with E-state index >= 15 is 0 Å². The molecule has 3 rings (SSSR count). The first-order valence-corrected chi connectivity index (χ1v) is 9.78. The van der Waals surface area contributed by atoms with Crippen LogP contribution >= 0.6 is 11.8 Å². The summed E-state index contributed by atoms with van der Waals surface area (Å²) in [5.41, 5.74) is 1.86. The van der Waals surface area contributed by atoms with E-state index in [1.807, 2.05) is 42.5 Å². The molecule has 1 unspecified atom stereocenters. The van der Waals surface area contributed by atoms with E-state index in [0.717, 1.165) is 27.8 Å². The maximum absolute atomic E-state index is 12.7. The summed E-state index contributed by atoms with van der Waals surface area (Å²) in [5, 5.41) is 7.62. The zero-order chi connectivity index (χ0) is 18.5. The van der Waals surface area contributed by atoms with E-state index in [2.05, 4.69) is 17.6 Å². The zero-order valence-electron chi connectivity index (χ0n) is 14.9. The van der Waals surface area contributed by atoms with Crippen LogP contribution < -0.4 is 10.6 Å². The summed E-state index contributed by atoms with van der Waals surface area (Å²) in [6.07, 6.45) is 0. The molecule has 0 aromatic heterocycles. The molecule has 136 valence electrons. The maximum Gasteiger partial charge on any atom is 0.338 e. The van der Waals surface area contributed by atoms with Gasteiger partial charge in [-0.05, 0) is 29.0 Å². The highest BCUT2D eigenvalue weighted by Crippen LogP contribution is 2.32. The second-order valence-corrected chi connectivity index (χ2v) is 7.37. The lowest BCUT2D eigenvalue weighted by molar-refractivity contribution is -0.138. The fraction of sp³-hybridized carbons (Fsp3) is 0.300. The first-order valence-electron chi connectivity index (χ1n) is 8.62. The van der Waals surface area contributed by atoms with Crippen molar-refractivity contribution >= 4 is 34.5 Å². The Bertz CT molecular complexity index is 858. The lowest BCUT2D eigenvalue weighted by Gasteiger charge is -2.29. The van der Waals surface area contributed by atoms with E-state index in [0.29, 0.717) is 17.9 Å². The molecule has 2 N–H and O–H groups in total. The van der Waals surface area contributed by atoms with E-state index < -0.39 is 12.0 Å². The molecule has 5 nitrogen and oxygen atoms in total. The fourth-order valence-electron chi connectivity index (χ4n) is 3.12. The van der Waals surface area contributed by atoms with Crippen LogP contribution in [-0.4, -0.2) is 30.1 Å². The maximum atomic E-state index is 12.7. The van der Waals surface area contributed by atoms with Crippen LogP contribution in [0.15, 0.2) is 53.7 Å². The molecule has 2 amide bonds. The Labute approximate surface area is 157 Å². The molecule has 2 aromatic carbocycles. The minimum absolute atomic E-state index is 0.321. The van der Waals surface area contributed by atoms with Gasteiger partial charge in [0, 0.05) is 11.4 Å². The summed E-state index contributed by atoms with van der Waals surface area (Å²) in [5.74, 6) is 1.34. The van der Waals surface area contributed by atoms with E-state index in [1.54, 1.807) is 18.7 Å². The highest BCUT2D eigenvalue weighted by molar-refractivity contribution is 7.99. The lowest BCUT2D eigenvalue weighted by atomic mass is 9.91. The Hall–Kier alpha value is -2.47. The molecule has 0 saturated heterocycles. The number of esters is 1. The monoisotopic (exact) mass is 370 g/mol. The number of hydrogen-bond donors (Lipinski definition) is 2. The largest absolute Gasteiger partial charge is 0.461 e. The van der Waals surface area contributed by atoms with Gasteiger partial charge in [-0.25, -0.2) is 9.59 Å². The number of hydrogen-bond acceptors (Lipinski definition) is 4. The van der Waals surface area contributed by atoms with Gasteiger partial charge in [0.2, 0.25) is 0 Å². The van der Waals surface area contributed by atoms with Gasteiger partial charge in [0.05, 0.1) is 11.6 Å². The standard InChI is InChI=1S/C20H22N2O3S/c1-3-26-12-11-25-19(23)17-13(2)21-20(24)22-18(17)16-10-6-8-14-7-4-5-9-15(14)16/h4-10,18H,3,11-12H2,1-2H3,(H2,21,22,24). The molecule has 26 heavy (non-hydrogen) atoms. The third kappa shape index (κ3) is 3.85. The van der Waals surface area contributed by atoms with Crippen molar-refractivity contribution in [1.29, 1.82) is 0 Å². The number of ether oxygens (including phenoxy) is 1. The number of urea groups is 1. The summed E-state index contributed by atoms with van der Waals surface area (Å²) in [4.78, 5) is 24.8. The van der Waals surface area contributed by atoms with Crippen LogP contribution in [0.5, 0.6) is 0 Å². The molecule has 1 atom stereocenters. The third-order valence-corrected chi connectivity index (χ3v) is 5.15. The highest BCUT2D eigenvalue weighted by Gasteiger charge is 2.32. The van der Waals surface area contributed by atoms with E-state index in [-0.39, 0.29) is 6.03 Å². The molecule has 0 bridgehead atoms. The number of thioether (sulfide) groups is 1. The van der Waals surface area contributed by atoms with Gasteiger partial charge in [-0.1, -0.05) is 49.4 Å². The number of allylic oxidation sites excluding steroid dienone is 1. The molecule has 1 heterocycles. The van der Waals surface area contributed by atoms with Crippen LogP contribution in [0.1, 0.15) is 25.5 Å². The van der Waals surface area contributed by atoms with Crippen molar-refractivity contribution < 1.29 is 14.3 Å². The van der Waals surface area contributed by atoms with Crippen LogP contribution in [0.4, 0.5) is 4.79 Å². The minimum Gasteiger partial charge on any atom is -0.461 e. The average molecular weight is 370 g/mol. The Morgan fingerprint density at radius 3 is 2.77 bits per heavy atom. The molecule has 6 heteroatoms. The minimum atomic E-state index is -0.541. The first kappa shape index (κ1) is 18.3. The molecule has 2 aromatic rings. The van der Waals surface area contributed by atoms with Crippen LogP contribution in [0.25, 0.3) is 10.8 Å². The van der Waals surface area contributed by atoms with Gasteiger partial charge < -0.3 is 15.4 Å². The van der Waals surface area contributed by atoms with Gasteiger partial charge in [0.1, 0.15) is 6.61 Å². The fourth-order valence-corrected chi connectivity index (χ4v) is 3.61. The number of carbonyl (C=O) groups excluding carboxylic acids is 2. The topological polar surface area (TPSA) is 67.4 Å². The Morgan fingerprint density at radius 1 is 1.19 bits per heavy atom. The second-order valence-electron chi connectivity index (χ2n) is 5.97. The smallest absolute Gasteiger partial charge is 0.338 e. The van der Waals surface area contributed by atoms with Crippen LogP contribution in [0, 0.1) is 0 Å². The quantitative estimate of drug-likeness (QED) is 0.600. The van der Waals surface area contributed by atoms with E-state index in [4.69, 9.17) is 4.74 Å². The van der Waals surface area contributed by atoms with E-state index in [1.165, 1.54) is 0 Å². The lowest BCUT2D eigenvalue weighted by Crippen LogP contribution is -2.45. The normalized spacial score (nSPS) is 17.0. The van der Waals surface area contributed by atoms with Gasteiger partial charge in [0.15, 0.2) is 0 Å². The van der Waals surface area contributed by atoms with Crippen molar-refractivity contribution in [1.82, 2.24) is 10.6 Å². The average Bonchev–Trinajstić information content (AvgIpc) is 2.64. The summed E-state index contributed by atoms with van der Waals surface area (Å²) in [6.45, 7) is 4.15. The van der Waals surface area contributed by atoms with Crippen molar-refractivity contribution in [2.45, 2.75) is 19.9 Å². The van der Waals surface area contributed by atoms with Gasteiger partial charge in [-0.3, -0.25) is 0 Å². The van der Waals surface area contributed by atoms with Crippen LogP contribution in [0.3, 0.4) is 0 Å². The number of nitrogens with one attached hydrogen (secondary N) is 2. The number of amides is 2. The van der Waals surface area contributed by atoms with Crippen molar-refractivity contribution in [3.05, 3.63) is 59.3 Å². The van der Waals surface area contributed by atoms with Crippen molar-refractivity contribution in [3.63, 3.8) is 0 Å². The molecule has 0 saturated carbocycles. The first-order chi connectivity index (χ1) is 12.6. The molecule has 1 aliphatic rings. The van der Waals surface area contributed by atoms with Gasteiger partial charge in [-0.2, -0.15) is 11.8 Å². The summed E-state index contributed by atoms with van der Waals surface area (Å²) in [6, 6.07) is 12.9. The predicted octanol–water partition coefficient (Wildman–Crippen LogP) is 3.76. The molecule has 0 aliphatic carbocycles. The summed E-state index contributed by atoms with van der Waals surface area (Å²) in [7, 11) is 0. The van der Waals surface area contributed by atoms with Gasteiger partial charge >= 0.3 is 12.0 Å². The Balaban J connectivity index is 1.96. The van der Waals surface area contributed by atoms with Crippen molar-refractivity contribution in [3.8, 4) is 0 Å². The number of carbonyl (C=O) groups is 2. The third-order valence-electron chi connectivity index (χ3n) is 4.29. The van der Waals surface area contributed by atoms with Gasteiger partial charge in [-0.15, -0.1) is 0 Å². The summed E-state index contributed by atoms with van der Waals surface area (Å²) >= 11 is 1.72. The molecular weight excluding hydrogens is 348 g/mol. The number of rotatable bonds is 6.